The van der Waals surface area contributed by atoms with Crippen molar-refractivity contribution >= 4 is 5.84 Å². The van der Waals surface area contributed by atoms with Gasteiger partial charge in [0.15, 0.2) is 12.1 Å². The standard InChI is InChI=1S/C8H13N5O4.CH4/c9-6(10)7-11-2-13(12-7)8-5(16)4(15)3(1-14)17-8;/h2-5,8,14-16H,1H2,(H3,9,10);1H4/t3-,4?,5+,8-;/m1./s1. The van der Waals surface area contributed by atoms with Crippen LogP contribution in [0.4, 0.5) is 0 Å². The van der Waals surface area contributed by atoms with Crippen LogP contribution in [0.25, 0.3) is 0 Å². The second-order valence-electron chi connectivity index (χ2n) is 3.69. The van der Waals surface area contributed by atoms with Gasteiger partial charge in [-0.3, -0.25) is 5.41 Å². The van der Waals surface area contributed by atoms with Gasteiger partial charge in [-0.2, -0.15) is 0 Å². The molecule has 0 amide bonds. The normalized spacial score (nSPS) is 31.1. The van der Waals surface area contributed by atoms with Crippen molar-refractivity contribution in [3.63, 3.8) is 0 Å². The number of hydrogen-bond acceptors (Lipinski definition) is 7. The van der Waals surface area contributed by atoms with E-state index in [1.807, 2.05) is 0 Å². The van der Waals surface area contributed by atoms with Crippen LogP contribution in [0.2, 0.25) is 0 Å². The number of amidine groups is 1. The molecule has 0 bridgehead atoms. The van der Waals surface area contributed by atoms with E-state index >= 15 is 0 Å². The van der Waals surface area contributed by atoms with Crippen molar-refractivity contribution in [1.82, 2.24) is 14.8 Å². The van der Waals surface area contributed by atoms with Crippen molar-refractivity contribution in [2.45, 2.75) is 32.0 Å². The molecule has 0 radical (unpaired) electrons. The summed E-state index contributed by atoms with van der Waals surface area (Å²) < 4.78 is 6.37. The van der Waals surface area contributed by atoms with Crippen molar-refractivity contribution in [2.75, 3.05) is 6.61 Å². The van der Waals surface area contributed by atoms with Gasteiger partial charge in [0.1, 0.15) is 24.6 Å². The van der Waals surface area contributed by atoms with Crippen molar-refractivity contribution in [3.8, 4) is 0 Å². The number of nitrogens with zero attached hydrogens (tertiary/aromatic N) is 3. The molecule has 9 nitrogen and oxygen atoms in total. The van der Waals surface area contributed by atoms with Gasteiger partial charge >= 0.3 is 0 Å². The van der Waals surface area contributed by atoms with E-state index in [1.165, 1.54) is 6.33 Å². The highest BCUT2D eigenvalue weighted by atomic mass is 16.6. The maximum atomic E-state index is 9.70. The quantitative estimate of drug-likeness (QED) is 0.305. The minimum absolute atomic E-state index is 0. The molecule has 4 atom stereocenters. The number of nitrogens with one attached hydrogen (secondary N) is 1. The number of rotatable bonds is 3. The molecule has 0 aromatic carbocycles. The molecule has 1 aliphatic rings. The lowest BCUT2D eigenvalue weighted by Gasteiger charge is -2.13. The number of hydrogen-bond donors (Lipinski definition) is 5. The molecular weight excluding hydrogens is 242 g/mol. The SMILES string of the molecule is C.N=C(N)c1ncn([C@@H]2O[C@H](CO)C(O)[C@@H]2O)n1. The zero-order valence-electron chi connectivity index (χ0n) is 8.76. The number of nitrogen functional groups attached to an aromatic ring is 1. The average Bonchev–Trinajstić information content (AvgIpc) is 2.87. The minimum atomic E-state index is -1.23. The second-order valence-corrected chi connectivity index (χ2v) is 3.69. The van der Waals surface area contributed by atoms with E-state index < -0.39 is 31.1 Å². The summed E-state index contributed by atoms with van der Waals surface area (Å²) in [5, 5.41) is 39.1. The summed E-state index contributed by atoms with van der Waals surface area (Å²) in [6.07, 6.45) is -3.02. The highest BCUT2D eigenvalue weighted by Gasteiger charge is 2.43. The molecule has 1 aromatic rings. The molecule has 0 spiro atoms. The largest absolute Gasteiger partial charge is 0.394 e. The summed E-state index contributed by atoms with van der Waals surface area (Å²) in [5.74, 6) is -0.307. The number of aliphatic hydroxyl groups is 3. The predicted molar refractivity (Wildman–Crippen MR) is 60.8 cm³/mol. The number of nitrogens with two attached hydrogens (primary N) is 1. The molecule has 9 heteroatoms. The van der Waals surface area contributed by atoms with Crippen LogP contribution in [0, 0.1) is 5.41 Å². The van der Waals surface area contributed by atoms with Crippen LogP contribution in [0.5, 0.6) is 0 Å². The van der Waals surface area contributed by atoms with E-state index in [4.69, 9.17) is 21.0 Å². The maximum absolute atomic E-state index is 9.70. The number of aromatic nitrogens is 3. The molecule has 2 rings (SSSR count). The Morgan fingerprint density at radius 1 is 1.50 bits per heavy atom. The Morgan fingerprint density at radius 3 is 2.61 bits per heavy atom. The van der Waals surface area contributed by atoms with E-state index in [2.05, 4.69) is 10.1 Å². The third-order valence-corrected chi connectivity index (χ3v) is 2.53. The summed E-state index contributed by atoms with van der Waals surface area (Å²) >= 11 is 0. The Morgan fingerprint density at radius 2 is 2.17 bits per heavy atom. The fraction of sp³-hybridized carbons (Fsp3) is 0.667. The van der Waals surface area contributed by atoms with Gasteiger partial charge in [0.2, 0.25) is 5.82 Å². The molecule has 0 saturated carbocycles. The first-order chi connectivity index (χ1) is 8.04. The van der Waals surface area contributed by atoms with Crippen LogP contribution in [0.1, 0.15) is 19.5 Å². The van der Waals surface area contributed by atoms with Gasteiger partial charge in [0.25, 0.3) is 0 Å². The monoisotopic (exact) mass is 259 g/mol. The van der Waals surface area contributed by atoms with E-state index in [9.17, 15) is 10.2 Å². The lowest BCUT2D eigenvalue weighted by atomic mass is 10.1. The Hall–Kier alpha value is -1.55. The Labute approximate surface area is 103 Å². The molecule has 102 valence electrons. The Bertz CT molecular complexity index is 423. The highest BCUT2D eigenvalue weighted by molar-refractivity contribution is 5.90. The average molecular weight is 259 g/mol. The van der Waals surface area contributed by atoms with Gasteiger partial charge in [-0.15, -0.1) is 5.10 Å². The van der Waals surface area contributed by atoms with Crippen LogP contribution in [-0.4, -0.2) is 60.8 Å². The van der Waals surface area contributed by atoms with E-state index in [-0.39, 0.29) is 19.1 Å². The Kier molecular flexibility index (Phi) is 4.35. The third kappa shape index (κ3) is 2.34. The van der Waals surface area contributed by atoms with Crippen LogP contribution in [-0.2, 0) is 4.74 Å². The maximum Gasteiger partial charge on any atom is 0.215 e. The molecule has 2 heterocycles. The molecular formula is C9H17N5O4. The molecule has 1 unspecified atom stereocenters. The van der Waals surface area contributed by atoms with Gasteiger partial charge in [-0.1, -0.05) is 7.43 Å². The zero-order chi connectivity index (χ0) is 12.6. The van der Waals surface area contributed by atoms with Gasteiger partial charge < -0.3 is 25.8 Å². The van der Waals surface area contributed by atoms with E-state index in [0.717, 1.165) is 4.68 Å². The first kappa shape index (κ1) is 14.5. The summed E-state index contributed by atoms with van der Waals surface area (Å²) in [7, 11) is 0. The van der Waals surface area contributed by atoms with Crippen molar-refractivity contribution < 1.29 is 20.1 Å². The predicted octanol–water partition coefficient (Wildman–Crippen LogP) is -2.19. The Balaban J connectivity index is 0.00000162. The molecule has 18 heavy (non-hydrogen) atoms. The van der Waals surface area contributed by atoms with E-state index in [1.54, 1.807) is 0 Å². The molecule has 1 saturated heterocycles. The summed E-state index contributed by atoms with van der Waals surface area (Å²) in [5.41, 5.74) is 5.19. The summed E-state index contributed by atoms with van der Waals surface area (Å²) in [4.78, 5) is 3.74. The van der Waals surface area contributed by atoms with Crippen molar-refractivity contribution in [2.24, 2.45) is 5.73 Å². The van der Waals surface area contributed by atoms with Crippen LogP contribution >= 0.6 is 0 Å². The fourth-order valence-corrected chi connectivity index (χ4v) is 1.62. The van der Waals surface area contributed by atoms with Crippen LogP contribution in [0.15, 0.2) is 6.33 Å². The lowest BCUT2D eigenvalue weighted by Crippen LogP contribution is -2.33. The van der Waals surface area contributed by atoms with Crippen LogP contribution in [0.3, 0.4) is 0 Å². The topological polar surface area (TPSA) is 150 Å². The first-order valence-electron chi connectivity index (χ1n) is 4.92. The highest BCUT2D eigenvalue weighted by Crippen LogP contribution is 2.28. The third-order valence-electron chi connectivity index (χ3n) is 2.53. The molecule has 0 aliphatic carbocycles. The van der Waals surface area contributed by atoms with Crippen molar-refractivity contribution in [3.05, 3.63) is 12.2 Å². The van der Waals surface area contributed by atoms with Crippen LogP contribution < -0.4 is 5.73 Å². The molecule has 1 aliphatic heterocycles. The number of ether oxygens (including phenoxy) is 1. The first-order valence-corrected chi connectivity index (χ1v) is 4.92. The van der Waals surface area contributed by atoms with E-state index in [0.29, 0.717) is 0 Å². The minimum Gasteiger partial charge on any atom is -0.394 e. The smallest absolute Gasteiger partial charge is 0.215 e. The fourth-order valence-electron chi connectivity index (χ4n) is 1.62. The summed E-state index contributed by atoms with van der Waals surface area (Å²) in [6.45, 7) is -0.414. The van der Waals surface area contributed by atoms with Crippen molar-refractivity contribution in [1.29, 1.82) is 5.41 Å². The van der Waals surface area contributed by atoms with Gasteiger partial charge in [-0.05, 0) is 0 Å². The van der Waals surface area contributed by atoms with Gasteiger partial charge in [0.05, 0.1) is 6.61 Å². The van der Waals surface area contributed by atoms with Gasteiger partial charge in [0, 0.05) is 0 Å². The molecule has 6 N–H and O–H groups in total. The second kappa shape index (κ2) is 5.40. The lowest BCUT2D eigenvalue weighted by molar-refractivity contribution is -0.0588. The number of aliphatic hydroxyl groups excluding tert-OH is 3. The zero-order valence-corrected chi connectivity index (χ0v) is 8.76. The molecule has 1 fully saturated rings. The molecule has 1 aromatic heterocycles. The van der Waals surface area contributed by atoms with Gasteiger partial charge in [-0.25, -0.2) is 9.67 Å². The summed E-state index contributed by atoms with van der Waals surface area (Å²) in [6, 6.07) is 0.